The number of carbonyl (C=O) groups excluding carboxylic acids is 1. The van der Waals surface area contributed by atoms with Crippen molar-refractivity contribution in [2.75, 3.05) is 6.79 Å². The van der Waals surface area contributed by atoms with Crippen LogP contribution >= 0.6 is 0 Å². The Balaban J connectivity index is 2.56. The van der Waals surface area contributed by atoms with Crippen LogP contribution in [0.4, 0.5) is 13.2 Å². The summed E-state index contributed by atoms with van der Waals surface area (Å²) >= 11 is 0. The van der Waals surface area contributed by atoms with Gasteiger partial charge >= 0.3 is 6.18 Å². The van der Waals surface area contributed by atoms with Gasteiger partial charge in [0.25, 0.3) is 0 Å². The molecule has 6 heteroatoms. The fourth-order valence-electron chi connectivity index (χ4n) is 1.72. The Kier molecular flexibility index (Phi) is 2.73. The van der Waals surface area contributed by atoms with E-state index in [9.17, 15) is 18.0 Å². The van der Waals surface area contributed by atoms with Crippen molar-refractivity contribution in [2.24, 2.45) is 0 Å². The summed E-state index contributed by atoms with van der Waals surface area (Å²) in [6.07, 6.45) is -4.83. The van der Waals surface area contributed by atoms with Gasteiger partial charge in [-0.3, -0.25) is 4.79 Å². The first-order valence-electron chi connectivity index (χ1n) is 4.87. The Hall–Kier alpha value is -1.72. The number of hydrogen-bond acceptors (Lipinski definition) is 3. The molecule has 0 aromatic heterocycles. The minimum absolute atomic E-state index is 0.0232. The molecule has 1 heterocycles. The van der Waals surface area contributed by atoms with Crippen molar-refractivity contribution >= 4 is 5.78 Å². The van der Waals surface area contributed by atoms with Crippen molar-refractivity contribution in [1.82, 2.24) is 0 Å². The predicted molar refractivity (Wildman–Crippen MR) is 52.0 cm³/mol. The number of fused-ring (bicyclic) bond motifs is 1. The lowest BCUT2D eigenvalue weighted by molar-refractivity contribution is -0.138. The standard InChI is InChI=1S/C11H9F3O3/c1-6(15)4-7-8(11(12,13)14)2-3-9-10(7)17-5-16-9/h2-3H,4-5H2,1H3. The van der Waals surface area contributed by atoms with Gasteiger partial charge in [-0.05, 0) is 19.1 Å². The second-order valence-electron chi connectivity index (χ2n) is 3.70. The van der Waals surface area contributed by atoms with E-state index in [2.05, 4.69) is 0 Å². The maximum Gasteiger partial charge on any atom is 0.416 e. The molecule has 92 valence electrons. The number of halogens is 3. The summed E-state index contributed by atoms with van der Waals surface area (Å²) < 4.78 is 48.3. The molecular weight excluding hydrogens is 237 g/mol. The molecule has 0 unspecified atom stereocenters. The van der Waals surface area contributed by atoms with Crippen LogP contribution in [0.2, 0.25) is 0 Å². The molecule has 0 amide bonds. The number of hydrogen-bond donors (Lipinski definition) is 0. The zero-order valence-electron chi connectivity index (χ0n) is 8.93. The highest BCUT2D eigenvalue weighted by molar-refractivity contribution is 5.80. The van der Waals surface area contributed by atoms with Crippen LogP contribution < -0.4 is 9.47 Å². The Bertz CT molecular complexity index is 466. The molecule has 0 bridgehead atoms. The third kappa shape index (κ3) is 2.20. The highest BCUT2D eigenvalue weighted by Crippen LogP contribution is 2.43. The van der Waals surface area contributed by atoms with Crippen molar-refractivity contribution < 1.29 is 27.4 Å². The third-order valence-corrected chi connectivity index (χ3v) is 2.37. The summed E-state index contributed by atoms with van der Waals surface area (Å²) in [5.74, 6) is -0.0938. The molecule has 17 heavy (non-hydrogen) atoms. The topological polar surface area (TPSA) is 35.5 Å². The molecule has 0 spiro atoms. The van der Waals surface area contributed by atoms with E-state index in [1.165, 1.54) is 13.0 Å². The quantitative estimate of drug-likeness (QED) is 0.804. The summed E-state index contributed by atoms with van der Waals surface area (Å²) in [7, 11) is 0. The maximum absolute atomic E-state index is 12.8. The van der Waals surface area contributed by atoms with Crippen LogP contribution in [-0.4, -0.2) is 12.6 Å². The van der Waals surface area contributed by atoms with Gasteiger partial charge in [0.05, 0.1) is 5.56 Å². The van der Waals surface area contributed by atoms with Crippen LogP contribution in [-0.2, 0) is 17.4 Å². The molecule has 0 atom stereocenters. The SMILES string of the molecule is CC(=O)Cc1c(C(F)(F)F)ccc2c1OCO2. The summed E-state index contributed by atoms with van der Waals surface area (Å²) in [5, 5.41) is 0. The van der Waals surface area contributed by atoms with Gasteiger partial charge in [0, 0.05) is 12.0 Å². The maximum atomic E-state index is 12.8. The molecule has 0 saturated carbocycles. The molecule has 1 aliphatic heterocycles. The Labute approximate surface area is 95.1 Å². The second kappa shape index (κ2) is 3.94. The van der Waals surface area contributed by atoms with Gasteiger partial charge in [-0.2, -0.15) is 13.2 Å². The van der Waals surface area contributed by atoms with Crippen molar-refractivity contribution in [1.29, 1.82) is 0 Å². The zero-order valence-corrected chi connectivity index (χ0v) is 8.93. The average molecular weight is 246 g/mol. The van der Waals surface area contributed by atoms with Crippen molar-refractivity contribution in [2.45, 2.75) is 19.5 Å². The summed E-state index contributed by atoms with van der Waals surface area (Å²) in [4.78, 5) is 11.0. The molecular formula is C11H9F3O3. The van der Waals surface area contributed by atoms with E-state index in [4.69, 9.17) is 9.47 Å². The van der Waals surface area contributed by atoms with Gasteiger partial charge in [-0.1, -0.05) is 0 Å². The molecule has 1 aromatic rings. The molecule has 3 nitrogen and oxygen atoms in total. The number of ether oxygens (including phenoxy) is 2. The smallest absolute Gasteiger partial charge is 0.416 e. The first-order valence-corrected chi connectivity index (χ1v) is 4.87. The van der Waals surface area contributed by atoms with Gasteiger partial charge < -0.3 is 9.47 Å². The Morgan fingerprint density at radius 1 is 1.35 bits per heavy atom. The van der Waals surface area contributed by atoms with E-state index in [1.54, 1.807) is 0 Å². The lowest BCUT2D eigenvalue weighted by Gasteiger charge is -2.13. The van der Waals surface area contributed by atoms with E-state index in [-0.39, 0.29) is 36.1 Å². The van der Waals surface area contributed by atoms with Crippen LogP contribution in [0.1, 0.15) is 18.1 Å². The summed E-state index contributed by atoms with van der Waals surface area (Å²) in [6.45, 7) is 1.11. The van der Waals surface area contributed by atoms with Crippen LogP contribution in [0.3, 0.4) is 0 Å². The molecule has 0 fully saturated rings. The minimum Gasteiger partial charge on any atom is -0.454 e. The number of Topliss-reactive ketones (excluding diaryl/α,β-unsaturated/α-hetero) is 1. The Morgan fingerprint density at radius 2 is 2.06 bits per heavy atom. The van der Waals surface area contributed by atoms with E-state index in [0.717, 1.165) is 6.07 Å². The molecule has 0 saturated heterocycles. The fourth-order valence-corrected chi connectivity index (χ4v) is 1.72. The summed E-state index contributed by atoms with van der Waals surface area (Å²) in [6, 6.07) is 2.11. The average Bonchev–Trinajstić information content (AvgIpc) is 2.63. The van der Waals surface area contributed by atoms with E-state index in [1.807, 2.05) is 0 Å². The molecule has 0 radical (unpaired) electrons. The monoisotopic (exact) mass is 246 g/mol. The van der Waals surface area contributed by atoms with E-state index < -0.39 is 11.7 Å². The van der Waals surface area contributed by atoms with Crippen molar-refractivity contribution in [3.05, 3.63) is 23.3 Å². The van der Waals surface area contributed by atoms with E-state index in [0.29, 0.717) is 0 Å². The number of carbonyl (C=O) groups is 1. The zero-order chi connectivity index (χ0) is 12.6. The fraction of sp³-hybridized carbons (Fsp3) is 0.364. The van der Waals surface area contributed by atoms with Crippen molar-refractivity contribution in [3.63, 3.8) is 0 Å². The molecule has 2 rings (SSSR count). The van der Waals surface area contributed by atoms with Gasteiger partial charge in [0.1, 0.15) is 5.78 Å². The van der Waals surface area contributed by atoms with E-state index >= 15 is 0 Å². The number of benzene rings is 1. The van der Waals surface area contributed by atoms with Crippen LogP contribution in [0.15, 0.2) is 12.1 Å². The molecule has 1 aromatic carbocycles. The highest BCUT2D eigenvalue weighted by atomic mass is 19.4. The molecule has 1 aliphatic rings. The second-order valence-corrected chi connectivity index (χ2v) is 3.70. The highest BCUT2D eigenvalue weighted by Gasteiger charge is 2.37. The third-order valence-electron chi connectivity index (χ3n) is 2.37. The lowest BCUT2D eigenvalue weighted by atomic mass is 10.0. The lowest BCUT2D eigenvalue weighted by Crippen LogP contribution is -2.12. The van der Waals surface area contributed by atoms with Crippen LogP contribution in [0.25, 0.3) is 0 Å². The Morgan fingerprint density at radius 3 is 2.65 bits per heavy atom. The molecule has 0 aliphatic carbocycles. The number of alkyl halides is 3. The van der Waals surface area contributed by atoms with Gasteiger partial charge in [0.15, 0.2) is 11.5 Å². The normalized spacial score (nSPS) is 13.9. The van der Waals surface area contributed by atoms with Gasteiger partial charge in [-0.25, -0.2) is 0 Å². The summed E-state index contributed by atoms with van der Waals surface area (Å²) in [5.41, 5.74) is -1.00. The van der Waals surface area contributed by atoms with Crippen LogP contribution in [0, 0.1) is 0 Å². The van der Waals surface area contributed by atoms with Gasteiger partial charge in [-0.15, -0.1) is 0 Å². The first-order chi connectivity index (χ1) is 7.89. The first kappa shape index (κ1) is 11.8. The number of ketones is 1. The minimum atomic E-state index is -4.51. The van der Waals surface area contributed by atoms with Crippen LogP contribution in [0.5, 0.6) is 11.5 Å². The largest absolute Gasteiger partial charge is 0.454 e. The van der Waals surface area contributed by atoms with Gasteiger partial charge in [0.2, 0.25) is 6.79 Å². The predicted octanol–water partition coefficient (Wildman–Crippen LogP) is 2.57. The molecule has 0 N–H and O–H groups in total. The number of rotatable bonds is 2. The van der Waals surface area contributed by atoms with Crippen molar-refractivity contribution in [3.8, 4) is 11.5 Å².